The zero-order valence-corrected chi connectivity index (χ0v) is 34.7. The van der Waals surface area contributed by atoms with Gasteiger partial charge < -0.3 is 43.2 Å². The number of nitrogens with one attached hydrogen (secondary N) is 2. The number of rotatable bonds is 35. The molecule has 1 saturated heterocycles. The third-order valence-electron chi connectivity index (χ3n) is 8.71. The maximum Gasteiger partial charge on any atom is 0.264 e. The zero-order chi connectivity index (χ0) is 40.1. The molecule has 0 bridgehead atoms. The molecule has 0 saturated carbocycles. The van der Waals surface area contributed by atoms with Crippen LogP contribution in [0, 0.1) is 0 Å². The van der Waals surface area contributed by atoms with Crippen molar-refractivity contribution in [2.24, 2.45) is 0 Å². The topological polar surface area (TPSA) is 186 Å². The van der Waals surface area contributed by atoms with E-state index < -0.39 is 29.7 Å². The van der Waals surface area contributed by atoms with Gasteiger partial charge in [0.05, 0.1) is 109 Å². The first kappa shape index (κ1) is 47.8. The highest BCUT2D eigenvalue weighted by atomic mass is 127. The summed E-state index contributed by atoms with van der Waals surface area (Å²) in [6, 6.07) is 3.54. The lowest BCUT2D eigenvalue weighted by Gasteiger charge is -2.27. The van der Waals surface area contributed by atoms with E-state index in [0.717, 1.165) is 30.8 Å². The van der Waals surface area contributed by atoms with Crippen LogP contribution in [0.2, 0.25) is 0 Å². The second-order valence-electron chi connectivity index (χ2n) is 13.0. The Morgan fingerprint density at radius 3 is 1.57 bits per heavy atom. The summed E-state index contributed by atoms with van der Waals surface area (Å²) >= 11 is 2.41. The number of carbonyl (C=O) groups excluding carboxylic acids is 5. The molecule has 0 aliphatic carbocycles. The van der Waals surface area contributed by atoms with E-state index in [-0.39, 0.29) is 42.0 Å². The number of hydrogen-bond donors (Lipinski definition) is 2. The standard InChI is InChI=1S/C39H60IN3O13/c40-14-5-1-2-6-15-49-17-19-51-21-23-53-25-27-55-29-30-56-28-26-54-24-22-52-20-18-50-16-7-3-4-11-34(44)41-32-10-8-9-31-36(32)39(48)43(38(31)47)33-12-13-35(45)42-37(33)46/h8-10,33H,1-7,11-30H2,(H,41,44)(H,42,45,46). The first-order chi connectivity index (χ1) is 27.4. The molecule has 2 heterocycles. The van der Waals surface area contributed by atoms with Gasteiger partial charge in [-0.15, -0.1) is 0 Å². The van der Waals surface area contributed by atoms with E-state index in [0.29, 0.717) is 106 Å². The molecule has 316 valence electrons. The molecule has 0 spiro atoms. The number of benzene rings is 1. The molecule has 2 aliphatic heterocycles. The number of halogens is 1. The highest BCUT2D eigenvalue weighted by molar-refractivity contribution is 14.1. The third kappa shape index (κ3) is 19.2. The average molecular weight is 906 g/mol. The minimum Gasteiger partial charge on any atom is -0.379 e. The summed E-state index contributed by atoms with van der Waals surface area (Å²) in [5.41, 5.74) is 0.393. The van der Waals surface area contributed by atoms with Crippen molar-refractivity contribution in [2.45, 2.75) is 70.3 Å². The summed E-state index contributed by atoms with van der Waals surface area (Å²) in [5.74, 6) is -2.70. The molecule has 1 unspecified atom stereocenters. The molecule has 1 atom stereocenters. The molecule has 1 aromatic carbocycles. The van der Waals surface area contributed by atoms with Crippen molar-refractivity contribution in [2.75, 3.05) is 115 Å². The molecule has 0 radical (unpaired) electrons. The lowest BCUT2D eigenvalue weighted by atomic mass is 10.0. The predicted octanol–water partition coefficient (Wildman–Crippen LogP) is 3.71. The van der Waals surface area contributed by atoms with Gasteiger partial charge in [-0.05, 0) is 48.7 Å². The van der Waals surface area contributed by atoms with Crippen LogP contribution in [0.15, 0.2) is 18.2 Å². The highest BCUT2D eigenvalue weighted by Crippen LogP contribution is 2.32. The molecule has 2 N–H and O–H groups in total. The molecular formula is C39H60IN3O13. The van der Waals surface area contributed by atoms with Crippen LogP contribution in [0.1, 0.15) is 84.9 Å². The lowest BCUT2D eigenvalue weighted by Crippen LogP contribution is -2.54. The number of fused-ring (bicyclic) bond motifs is 1. The van der Waals surface area contributed by atoms with E-state index in [1.165, 1.54) is 29.8 Å². The monoisotopic (exact) mass is 905 g/mol. The van der Waals surface area contributed by atoms with Gasteiger partial charge >= 0.3 is 0 Å². The Hall–Kier alpha value is -2.62. The molecule has 17 heteroatoms. The number of nitrogens with zero attached hydrogens (tertiary/aromatic N) is 1. The van der Waals surface area contributed by atoms with Crippen molar-refractivity contribution >= 4 is 57.8 Å². The molecular weight excluding hydrogens is 845 g/mol. The van der Waals surface area contributed by atoms with Gasteiger partial charge in [-0.1, -0.05) is 47.9 Å². The molecule has 5 amide bonds. The minimum atomic E-state index is -1.07. The number of alkyl halides is 1. The summed E-state index contributed by atoms with van der Waals surface area (Å²) in [6.45, 7) is 8.41. The number of unbranched alkanes of at least 4 members (excludes halogenated alkanes) is 5. The number of hydrogen-bond acceptors (Lipinski definition) is 13. The molecule has 56 heavy (non-hydrogen) atoms. The van der Waals surface area contributed by atoms with E-state index in [4.69, 9.17) is 37.9 Å². The van der Waals surface area contributed by atoms with E-state index >= 15 is 0 Å². The summed E-state index contributed by atoms with van der Waals surface area (Å²) in [7, 11) is 0. The van der Waals surface area contributed by atoms with Crippen molar-refractivity contribution in [3.63, 3.8) is 0 Å². The Kier molecular flexibility index (Phi) is 26.0. The smallest absolute Gasteiger partial charge is 0.264 e. The summed E-state index contributed by atoms with van der Waals surface area (Å²) < 4.78 is 45.4. The minimum absolute atomic E-state index is 0.0312. The predicted molar refractivity (Wildman–Crippen MR) is 214 cm³/mol. The Bertz CT molecular complexity index is 1320. The number of piperidine rings is 1. The fourth-order valence-corrected chi connectivity index (χ4v) is 6.33. The number of carbonyl (C=O) groups is 5. The van der Waals surface area contributed by atoms with Crippen molar-refractivity contribution in [3.8, 4) is 0 Å². The van der Waals surface area contributed by atoms with E-state index in [1.54, 1.807) is 12.1 Å². The second kappa shape index (κ2) is 30.5. The van der Waals surface area contributed by atoms with Crippen LogP contribution in [0.5, 0.6) is 0 Å². The van der Waals surface area contributed by atoms with E-state index in [9.17, 15) is 24.0 Å². The SMILES string of the molecule is O=C1CCC(N2C(=O)c3cccc(NC(=O)CCCCCOCCOCCOCCOCCOCCOCCOCCOCCCCCCI)c3C2=O)C(=O)N1. The van der Waals surface area contributed by atoms with Gasteiger partial charge in [0.25, 0.3) is 11.8 Å². The van der Waals surface area contributed by atoms with Crippen LogP contribution in [0.3, 0.4) is 0 Å². The van der Waals surface area contributed by atoms with Gasteiger partial charge in [-0.2, -0.15) is 0 Å². The fraction of sp³-hybridized carbons (Fsp3) is 0.718. The van der Waals surface area contributed by atoms with Gasteiger partial charge in [0.15, 0.2) is 0 Å². The third-order valence-corrected chi connectivity index (χ3v) is 9.47. The molecule has 3 rings (SSSR count). The summed E-state index contributed by atoms with van der Waals surface area (Å²) in [5, 5.41) is 4.91. The van der Waals surface area contributed by atoms with Crippen molar-refractivity contribution in [3.05, 3.63) is 29.3 Å². The van der Waals surface area contributed by atoms with Gasteiger partial charge in [-0.25, -0.2) is 0 Å². The van der Waals surface area contributed by atoms with Crippen molar-refractivity contribution < 1.29 is 61.9 Å². The molecule has 1 fully saturated rings. The second-order valence-corrected chi connectivity index (χ2v) is 14.1. The molecule has 1 aromatic rings. The molecule has 0 aromatic heterocycles. The summed E-state index contributed by atoms with van der Waals surface area (Å²) in [6.07, 6.45) is 7.40. The van der Waals surface area contributed by atoms with Crippen molar-refractivity contribution in [1.29, 1.82) is 0 Å². The number of ether oxygens (including phenoxy) is 8. The van der Waals surface area contributed by atoms with Crippen LogP contribution < -0.4 is 10.6 Å². The Morgan fingerprint density at radius 2 is 1.09 bits per heavy atom. The first-order valence-electron chi connectivity index (χ1n) is 19.8. The number of amides is 5. The Labute approximate surface area is 343 Å². The van der Waals surface area contributed by atoms with Crippen molar-refractivity contribution in [1.82, 2.24) is 10.2 Å². The normalized spacial score (nSPS) is 15.4. The average Bonchev–Trinajstić information content (AvgIpc) is 3.44. The van der Waals surface area contributed by atoms with Gasteiger partial charge in [0.1, 0.15) is 6.04 Å². The first-order valence-corrected chi connectivity index (χ1v) is 21.3. The van der Waals surface area contributed by atoms with Crippen LogP contribution in [0.25, 0.3) is 0 Å². The van der Waals surface area contributed by atoms with Gasteiger partial charge in [0.2, 0.25) is 17.7 Å². The number of anilines is 1. The molecule has 2 aliphatic rings. The van der Waals surface area contributed by atoms with Gasteiger partial charge in [-0.3, -0.25) is 34.2 Å². The maximum atomic E-state index is 13.2. The van der Waals surface area contributed by atoms with Crippen LogP contribution in [-0.4, -0.2) is 151 Å². The van der Waals surface area contributed by atoms with Gasteiger partial charge in [0, 0.05) is 26.1 Å². The van der Waals surface area contributed by atoms with E-state index in [1.807, 2.05) is 0 Å². The quantitative estimate of drug-likeness (QED) is 0.0435. The van der Waals surface area contributed by atoms with Crippen LogP contribution in [-0.2, 0) is 52.3 Å². The van der Waals surface area contributed by atoms with Crippen LogP contribution in [0.4, 0.5) is 5.69 Å². The Morgan fingerprint density at radius 1 is 0.625 bits per heavy atom. The largest absolute Gasteiger partial charge is 0.379 e. The number of imide groups is 2. The lowest BCUT2D eigenvalue weighted by molar-refractivity contribution is -0.136. The maximum absolute atomic E-state index is 13.2. The Balaban J connectivity index is 1.03. The van der Waals surface area contributed by atoms with Crippen LogP contribution >= 0.6 is 22.6 Å². The molecule has 16 nitrogen and oxygen atoms in total. The summed E-state index contributed by atoms with van der Waals surface area (Å²) in [4.78, 5) is 63.5. The van der Waals surface area contributed by atoms with E-state index in [2.05, 4.69) is 33.2 Å². The highest BCUT2D eigenvalue weighted by Gasteiger charge is 2.45. The zero-order valence-electron chi connectivity index (χ0n) is 32.5. The fourth-order valence-electron chi connectivity index (χ4n) is 5.79.